The molecule has 0 radical (unpaired) electrons. The summed E-state index contributed by atoms with van der Waals surface area (Å²) in [5, 5.41) is 3.69. The van der Waals surface area contributed by atoms with Crippen LogP contribution in [0.1, 0.15) is 29.2 Å². The van der Waals surface area contributed by atoms with Crippen molar-refractivity contribution in [2.75, 3.05) is 11.9 Å². The summed E-state index contributed by atoms with van der Waals surface area (Å²) in [6.45, 7) is 0. The average molecular weight is 338 g/mol. The van der Waals surface area contributed by atoms with Crippen LogP contribution in [0.4, 0.5) is 5.82 Å². The van der Waals surface area contributed by atoms with E-state index in [0.29, 0.717) is 10.3 Å². The van der Waals surface area contributed by atoms with Crippen molar-refractivity contribution in [1.82, 2.24) is 9.72 Å². The number of pyridine rings is 1. The van der Waals surface area contributed by atoms with Gasteiger partial charge in [-0.25, -0.2) is 0 Å². The second-order valence-electron chi connectivity index (χ2n) is 4.74. The lowest BCUT2D eigenvalue weighted by Gasteiger charge is -2.14. The predicted octanol–water partition coefficient (Wildman–Crippen LogP) is 2.21. The molecule has 0 aromatic carbocycles. The monoisotopic (exact) mass is 337 g/mol. The predicted molar refractivity (Wildman–Crippen MR) is 75.9 cm³/mol. The van der Waals surface area contributed by atoms with Gasteiger partial charge in [-0.05, 0) is 34.8 Å². The van der Waals surface area contributed by atoms with Crippen LogP contribution in [0.15, 0.2) is 38.4 Å². The zero-order valence-electron chi connectivity index (χ0n) is 10.7. The van der Waals surface area contributed by atoms with Crippen LogP contribution in [0.3, 0.4) is 0 Å². The Morgan fingerprint density at radius 3 is 2.90 bits per heavy atom. The fourth-order valence-corrected chi connectivity index (χ4v) is 2.46. The van der Waals surface area contributed by atoms with E-state index in [1.165, 1.54) is 11.2 Å². The molecule has 0 spiro atoms. The van der Waals surface area contributed by atoms with Crippen LogP contribution in [-0.2, 0) is 0 Å². The third-order valence-corrected chi connectivity index (χ3v) is 3.69. The van der Waals surface area contributed by atoms with Crippen molar-refractivity contribution in [3.05, 3.63) is 45.0 Å². The molecule has 6 nitrogen and oxygen atoms in total. The van der Waals surface area contributed by atoms with Crippen LogP contribution in [-0.4, -0.2) is 22.7 Å². The fourth-order valence-electron chi connectivity index (χ4n) is 2.01. The molecule has 0 aliphatic heterocycles. The van der Waals surface area contributed by atoms with E-state index in [4.69, 9.17) is 4.52 Å². The molecule has 1 aliphatic carbocycles. The van der Waals surface area contributed by atoms with Crippen LogP contribution in [0.25, 0.3) is 0 Å². The highest BCUT2D eigenvalue weighted by Gasteiger charge is 2.28. The first-order valence-electron chi connectivity index (χ1n) is 6.18. The smallest absolute Gasteiger partial charge is 0.264 e. The van der Waals surface area contributed by atoms with E-state index in [0.717, 1.165) is 12.8 Å². The maximum Gasteiger partial charge on any atom is 0.264 e. The number of hydrogen-bond acceptors (Lipinski definition) is 4. The largest absolute Gasteiger partial charge is 0.363 e. The summed E-state index contributed by atoms with van der Waals surface area (Å²) >= 11 is 3.34. The minimum Gasteiger partial charge on any atom is -0.363 e. The molecule has 2 aromatic heterocycles. The van der Waals surface area contributed by atoms with Gasteiger partial charge in [-0.15, -0.1) is 0 Å². The molecule has 20 heavy (non-hydrogen) atoms. The number of amides is 1. The van der Waals surface area contributed by atoms with Crippen molar-refractivity contribution in [1.29, 1.82) is 0 Å². The molecular formula is C13H12BrN3O3. The van der Waals surface area contributed by atoms with Crippen LogP contribution >= 0.6 is 15.9 Å². The van der Waals surface area contributed by atoms with E-state index < -0.39 is 5.91 Å². The molecule has 1 fully saturated rings. The standard InChI is InChI=1S/C13H12BrN3O3/c1-16(11-4-5-20-15-11)12(18)10-6-8(14)7-17(13(10)19)9-2-3-9/h4-7,9H,2-3H2,1H3. The van der Waals surface area contributed by atoms with E-state index in [1.807, 2.05) is 0 Å². The third-order valence-electron chi connectivity index (χ3n) is 3.25. The molecule has 0 N–H and O–H groups in total. The van der Waals surface area contributed by atoms with Gasteiger partial charge < -0.3 is 9.09 Å². The zero-order valence-corrected chi connectivity index (χ0v) is 12.3. The molecule has 0 bridgehead atoms. The molecule has 7 heteroatoms. The summed E-state index contributed by atoms with van der Waals surface area (Å²) in [7, 11) is 1.56. The summed E-state index contributed by atoms with van der Waals surface area (Å²) in [6.07, 6.45) is 5.06. The van der Waals surface area contributed by atoms with Crippen LogP contribution in [0.2, 0.25) is 0 Å². The van der Waals surface area contributed by atoms with Gasteiger partial charge in [0, 0.05) is 29.8 Å². The zero-order chi connectivity index (χ0) is 14.3. The second-order valence-corrected chi connectivity index (χ2v) is 5.65. The molecule has 0 saturated heterocycles. The molecule has 0 unspecified atom stereocenters. The SMILES string of the molecule is CN(C(=O)c1cc(Br)cn(C2CC2)c1=O)c1ccon1. The summed E-state index contributed by atoms with van der Waals surface area (Å²) < 4.78 is 7.04. The molecule has 1 aliphatic rings. The maximum atomic E-state index is 12.4. The van der Waals surface area contributed by atoms with E-state index >= 15 is 0 Å². The molecule has 0 atom stereocenters. The number of carbonyl (C=O) groups excluding carboxylic acids is 1. The number of aromatic nitrogens is 2. The number of nitrogens with zero attached hydrogens (tertiary/aromatic N) is 3. The second kappa shape index (κ2) is 4.90. The molecule has 1 saturated carbocycles. The van der Waals surface area contributed by atoms with E-state index in [2.05, 4.69) is 21.1 Å². The molecule has 3 rings (SSSR count). The van der Waals surface area contributed by atoms with Crippen molar-refractivity contribution in [2.45, 2.75) is 18.9 Å². The number of anilines is 1. The van der Waals surface area contributed by atoms with Gasteiger partial charge in [0.2, 0.25) is 0 Å². The lowest BCUT2D eigenvalue weighted by Crippen LogP contribution is -2.34. The van der Waals surface area contributed by atoms with Gasteiger partial charge in [-0.3, -0.25) is 14.5 Å². The van der Waals surface area contributed by atoms with Crippen molar-refractivity contribution in [3.8, 4) is 0 Å². The van der Waals surface area contributed by atoms with Crippen molar-refractivity contribution < 1.29 is 9.32 Å². The lowest BCUT2D eigenvalue weighted by atomic mass is 10.2. The van der Waals surface area contributed by atoms with E-state index in [9.17, 15) is 9.59 Å². The Morgan fingerprint density at radius 1 is 1.55 bits per heavy atom. The summed E-state index contributed by atoms with van der Waals surface area (Å²) in [5.41, 5.74) is -0.146. The molecule has 2 aromatic rings. The Balaban J connectivity index is 2.01. The van der Waals surface area contributed by atoms with Gasteiger partial charge >= 0.3 is 0 Å². The Hall–Kier alpha value is -1.89. The van der Waals surface area contributed by atoms with Crippen molar-refractivity contribution in [2.24, 2.45) is 0 Å². The highest BCUT2D eigenvalue weighted by Crippen LogP contribution is 2.34. The number of halogens is 1. The number of hydrogen-bond donors (Lipinski definition) is 0. The minimum absolute atomic E-state index is 0.122. The van der Waals surface area contributed by atoms with E-state index in [1.54, 1.807) is 29.9 Å². The number of rotatable bonds is 3. The Labute approximate surface area is 123 Å². The quantitative estimate of drug-likeness (QED) is 0.861. The van der Waals surface area contributed by atoms with Gasteiger partial charge in [-0.2, -0.15) is 0 Å². The highest BCUT2D eigenvalue weighted by molar-refractivity contribution is 9.10. The average Bonchev–Trinajstić information content (AvgIpc) is 3.13. The summed E-state index contributed by atoms with van der Waals surface area (Å²) in [5.74, 6) is -0.0352. The van der Waals surface area contributed by atoms with Crippen LogP contribution < -0.4 is 10.5 Å². The van der Waals surface area contributed by atoms with Crippen molar-refractivity contribution in [3.63, 3.8) is 0 Å². The molecule has 2 heterocycles. The number of carbonyl (C=O) groups is 1. The van der Waals surface area contributed by atoms with E-state index in [-0.39, 0.29) is 17.2 Å². The lowest BCUT2D eigenvalue weighted by molar-refractivity contribution is 0.0989. The highest BCUT2D eigenvalue weighted by atomic mass is 79.9. The Bertz CT molecular complexity index is 704. The molecule has 1 amide bonds. The maximum absolute atomic E-state index is 12.4. The first-order valence-corrected chi connectivity index (χ1v) is 6.97. The van der Waals surface area contributed by atoms with Gasteiger partial charge in [-0.1, -0.05) is 5.16 Å². The minimum atomic E-state index is -0.403. The topological polar surface area (TPSA) is 68.3 Å². The summed E-state index contributed by atoms with van der Waals surface area (Å²) in [4.78, 5) is 26.1. The van der Waals surface area contributed by atoms with Gasteiger partial charge in [0.15, 0.2) is 5.82 Å². The van der Waals surface area contributed by atoms with Gasteiger partial charge in [0.25, 0.3) is 11.5 Å². The normalized spacial score (nSPS) is 14.3. The van der Waals surface area contributed by atoms with Gasteiger partial charge in [0.1, 0.15) is 11.8 Å². The molecule has 104 valence electrons. The summed E-state index contributed by atoms with van der Waals surface area (Å²) in [6, 6.07) is 3.32. The van der Waals surface area contributed by atoms with Crippen LogP contribution in [0, 0.1) is 0 Å². The first-order chi connectivity index (χ1) is 9.58. The third kappa shape index (κ3) is 2.29. The first kappa shape index (κ1) is 13.1. The van der Waals surface area contributed by atoms with Gasteiger partial charge in [0.05, 0.1) is 0 Å². The Morgan fingerprint density at radius 2 is 2.30 bits per heavy atom. The van der Waals surface area contributed by atoms with Crippen molar-refractivity contribution >= 4 is 27.7 Å². The Kier molecular flexibility index (Phi) is 3.21. The fraction of sp³-hybridized carbons (Fsp3) is 0.308. The molecular weight excluding hydrogens is 326 g/mol. The van der Waals surface area contributed by atoms with Crippen LogP contribution in [0.5, 0.6) is 0 Å².